The number of rotatable bonds is 10. The summed E-state index contributed by atoms with van der Waals surface area (Å²) < 4.78 is 5.23. The third-order valence-electron chi connectivity index (χ3n) is 2.80. The Balaban J connectivity index is 5.01. The zero-order valence-corrected chi connectivity index (χ0v) is 10.9. The second kappa shape index (κ2) is 8.05. The van der Waals surface area contributed by atoms with Crippen LogP contribution in [0.3, 0.4) is 0 Å². The van der Waals surface area contributed by atoms with Crippen LogP contribution in [0.1, 0.15) is 46.0 Å². The van der Waals surface area contributed by atoms with Crippen molar-refractivity contribution in [3.63, 3.8) is 0 Å². The van der Waals surface area contributed by atoms with Crippen LogP contribution in [-0.2, 0) is 14.3 Å². The predicted molar refractivity (Wildman–Crippen MR) is 64.4 cm³/mol. The number of carboxylic acid groups (broad SMARTS) is 2. The Morgan fingerprint density at radius 3 is 2.11 bits per heavy atom. The maximum absolute atomic E-state index is 11.3. The van der Waals surface area contributed by atoms with E-state index in [0.29, 0.717) is 19.3 Å². The van der Waals surface area contributed by atoms with E-state index in [9.17, 15) is 19.8 Å². The van der Waals surface area contributed by atoms with Gasteiger partial charge in [0.2, 0.25) is 5.60 Å². The zero-order chi connectivity index (χ0) is 14.2. The highest BCUT2D eigenvalue weighted by Gasteiger charge is 2.49. The second-order valence-electron chi connectivity index (χ2n) is 4.24. The van der Waals surface area contributed by atoms with Gasteiger partial charge in [-0.05, 0) is 12.8 Å². The SMILES string of the molecule is CCCCOC(CCCC)(C(=O)O)C(O)C(=O)O. The van der Waals surface area contributed by atoms with Gasteiger partial charge >= 0.3 is 11.9 Å². The normalized spacial score (nSPS) is 15.9. The lowest BCUT2D eigenvalue weighted by Crippen LogP contribution is -2.55. The molecular weight excluding hydrogens is 240 g/mol. The molecular formula is C12H22O6. The highest BCUT2D eigenvalue weighted by atomic mass is 16.5. The fourth-order valence-corrected chi connectivity index (χ4v) is 1.61. The van der Waals surface area contributed by atoms with Gasteiger partial charge in [0, 0.05) is 6.61 Å². The number of aliphatic hydroxyl groups excluding tert-OH is 1. The maximum Gasteiger partial charge on any atom is 0.339 e. The largest absolute Gasteiger partial charge is 0.479 e. The molecule has 0 amide bonds. The monoisotopic (exact) mass is 262 g/mol. The van der Waals surface area contributed by atoms with Crippen molar-refractivity contribution in [2.75, 3.05) is 6.61 Å². The first kappa shape index (κ1) is 16.9. The molecule has 0 aliphatic rings. The summed E-state index contributed by atoms with van der Waals surface area (Å²) in [6.45, 7) is 3.88. The maximum atomic E-state index is 11.3. The van der Waals surface area contributed by atoms with E-state index >= 15 is 0 Å². The van der Waals surface area contributed by atoms with Crippen LogP contribution in [-0.4, -0.2) is 45.6 Å². The van der Waals surface area contributed by atoms with Crippen LogP contribution in [0.25, 0.3) is 0 Å². The molecule has 106 valence electrons. The fourth-order valence-electron chi connectivity index (χ4n) is 1.61. The van der Waals surface area contributed by atoms with Crippen molar-refractivity contribution in [1.29, 1.82) is 0 Å². The van der Waals surface area contributed by atoms with Crippen molar-refractivity contribution in [3.8, 4) is 0 Å². The molecule has 2 unspecified atom stereocenters. The van der Waals surface area contributed by atoms with E-state index in [1.807, 2.05) is 13.8 Å². The number of hydrogen-bond donors (Lipinski definition) is 3. The lowest BCUT2D eigenvalue weighted by molar-refractivity contribution is -0.195. The molecule has 0 fully saturated rings. The number of carbonyl (C=O) groups is 2. The average molecular weight is 262 g/mol. The summed E-state index contributed by atoms with van der Waals surface area (Å²) in [6, 6.07) is 0. The van der Waals surface area contributed by atoms with Crippen LogP contribution in [0, 0.1) is 0 Å². The van der Waals surface area contributed by atoms with Gasteiger partial charge in [-0.2, -0.15) is 0 Å². The van der Waals surface area contributed by atoms with Gasteiger partial charge in [-0.3, -0.25) is 0 Å². The second-order valence-corrected chi connectivity index (χ2v) is 4.24. The summed E-state index contributed by atoms with van der Waals surface area (Å²) in [4.78, 5) is 22.2. The molecule has 0 spiro atoms. The van der Waals surface area contributed by atoms with Gasteiger partial charge < -0.3 is 20.1 Å². The Bertz CT molecular complexity index is 278. The van der Waals surface area contributed by atoms with Gasteiger partial charge in [-0.25, -0.2) is 9.59 Å². The number of aliphatic hydroxyl groups is 1. The molecule has 0 radical (unpaired) electrons. The Morgan fingerprint density at radius 1 is 1.17 bits per heavy atom. The molecule has 0 saturated heterocycles. The van der Waals surface area contributed by atoms with E-state index in [2.05, 4.69) is 0 Å². The summed E-state index contributed by atoms with van der Waals surface area (Å²) >= 11 is 0. The quantitative estimate of drug-likeness (QED) is 0.512. The number of unbranched alkanes of at least 4 members (excludes halogenated alkanes) is 2. The van der Waals surface area contributed by atoms with Gasteiger partial charge in [0.1, 0.15) is 0 Å². The van der Waals surface area contributed by atoms with Crippen LogP contribution in [0.4, 0.5) is 0 Å². The highest BCUT2D eigenvalue weighted by Crippen LogP contribution is 2.25. The van der Waals surface area contributed by atoms with Crippen LogP contribution >= 0.6 is 0 Å². The predicted octanol–water partition coefficient (Wildman–Crippen LogP) is 1.26. The van der Waals surface area contributed by atoms with Crippen molar-refractivity contribution in [2.24, 2.45) is 0 Å². The molecule has 0 saturated carbocycles. The van der Waals surface area contributed by atoms with Crippen molar-refractivity contribution in [1.82, 2.24) is 0 Å². The van der Waals surface area contributed by atoms with E-state index in [4.69, 9.17) is 9.84 Å². The van der Waals surface area contributed by atoms with Gasteiger partial charge in [0.25, 0.3) is 0 Å². The molecule has 0 aromatic heterocycles. The molecule has 18 heavy (non-hydrogen) atoms. The first-order chi connectivity index (χ1) is 8.42. The summed E-state index contributed by atoms with van der Waals surface area (Å²) in [6.07, 6.45) is 0.510. The van der Waals surface area contributed by atoms with Crippen LogP contribution in [0.15, 0.2) is 0 Å². The molecule has 0 aliphatic carbocycles. The lowest BCUT2D eigenvalue weighted by atomic mass is 9.90. The zero-order valence-electron chi connectivity index (χ0n) is 10.9. The summed E-state index contributed by atoms with van der Waals surface area (Å²) in [5.41, 5.74) is -2.04. The van der Waals surface area contributed by atoms with Crippen LogP contribution < -0.4 is 0 Å². The number of hydrogen-bond acceptors (Lipinski definition) is 4. The lowest BCUT2D eigenvalue weighted by Gasteiger charge is -2.32. The highest BCUT2D eigenvalue weighted by molar-refractivity contribution is 5.87. The molecule has 2 atom stereocenters. The van der Waals surface area contributed by atoms with E-state index in [0.717, 1.165) is 6.42 Å². The molecule has 0 aromatic carbocycles. The number of ether oxygens (including phenoxy) is 1. The van der Waals surface area contributed by atoms with E-state index in [-0.39, 0.29) is 13.0 Å². The first-order valence-electron chi connectivity index (χ1n) is 6.20. The van der Waals surface area contributed by atoms with E-state index in [1.54, 1.807) is 0 Å². The Hall–Kier alpha value is -1.14. The van der Waals surface area contributed by atoms with Crippen molar-refractivity contribution in [2.45, 2.75) is 57.7 Å². The van der Waals surface area contributed by atoms with Crippen LogP contribution in [0.5, 0.6) is 0 Å². The molecule has 0 aliphatic heterocycles. The van der Waals surface area contributed by atoms with Crippen LogP contribution in [0.2, 0.25) is 0 Å². The van der Waals surface area contributed by atoms with E-state index in [1.165, 1.54) is 0 Å². The fraction of sp³-hybridized carbons (Fsp3) is 0.833. The Kier molecular flexibility index (Phi) is 7.54. The third kappa shape index (κ3) is 4.27. The molecule has 0 rings (SSSR count). The van der Waals surface area contributed by atoms with Crippen molar-refractivity contribution >= 4 is 11.9 Å². The van der Waals surface area contributed by atoms with Crippen molar-refractivity contribution < 1.29 is 29.6 Å². The molecule has 0 bridgehead atoms. The summed E-state index contributed by atoms with van der Waals surface area (Å²) in [5.74, 6) is -3.01. The average Bonchev–Trinajstić information content (AvgIpc) is 2.32. The minimum Gasteiger partial charge on any atom is -0.479 e. The topological polar surface area (TPSA) is 104 Å². The first-order valence-corrected chi connectivity index (χ1v) is 6.20. The van der Waals surface area contributed by atoms with E-state index < -0.39 is 23.6 Å². The van der Waals surface area contributed by atoms with Gasteiger partial charge in [-0.15, -0.1) is 0 Å². The number of aliphatic carboxylic acids is 2. The van der Waals surface area contributed by atoms with Crippen molar-refractivity contribution in [3.05, 3.63) is 0 Å². The van der Waals surface area contributed by atoms with Gasteiger partial charge in [-0.1, -0.05) is 33.1 Å². The standard InChI is InChI=1S/C12H22O6/c1-3-5-7-12(11(16)17,9(13)10(14)15)18-8-6-4-2/h9,13H,3-8H2,1-2H3,(H,14,15)(H,16,17). The smallest absolute Gasteiger partial charge is 0.339 e. The molecule has 6 heteroatoms. The molecule has 3 N–H and O–H groups in total. The summed E-state index contributed by atoms with van der Waals surface area (Å²) in [7, 11) is 0. The Morgan fingerprint density at radius 2 is 1.72 bits per heavy atom. The summed E-state index contributed by atoms with van der Waals surface area (Å²) in [5, 5.41) is 27.7. The minimum absolute atomic E-state index is 0.0178. The third-order valence-corrected chi connectivity index (χ3v) is 2.80. The van der Waals surface area contributed by atoms with Gasteiger partial charge in [0.05, 0.1) is 0 Å². The molecule has 0 heterocycles. The molecule has 0 aromatic rings. The molecule has 6 nitrogen and oxygen atoms in total. The van der Waals surface area contributed by atoms with Gasteiger partial charge in [0.15, 0.2) is 6.10 Å². The minimum atomic E-state index is -2.06. The Labute approximate surface area is 107 Å². The number of carboxylic acids is 2.